The fourth-order valence-corrected chi connectivity index (χ4v) is 2.06. The first-order valence-corrected chi connectivity index (χ1v) is 6.87. The van der Waals surface area contributed by atoms with Gasteiger partial charge in [-0.1, -0.05) is 6.92 Å². The molecule has 0 amide bonds. The Balaban J connectivity index is 2.06. The first-order chi connectivity index (χ1) is 9.60. The summed E-state index contributed by atoms with van der Waals surface area (Å²) in [6.07, 6.45) is 1.85. The van der Waals surface area contributed by atoms with E-state index in [1.54, 1.807) is 6.07 Å². The van der Waals surface area contributed by atoms with Gasteiger partial charge in [0, 0.05) is 18.0 Å². The molecule has 0 fully saturated rings. The minimum Gasteiger partial charge on any atom is -0.461 e. The number of hydrogen-bond acceptors (Lipinski definition) is 2. The standard InChI is InChI=1S/C16H19F2NO/c1-3-8-19-11(2)9-13-5-7-16(20-13)12-4-6-14(17)15(18)10-12/h4-7,10-11,19H,3,8-9H2,1-2H3. The van der Waals surface area contributed by atoms with E-state index in [9.17, 15) is 8.78 Å². The first kappa shape index (κ1) is 14.7. The molecule has 2 nitrogen and oxygen atoms in total. The quantitative estimate of drug-likeness (QED) is 0.859. The SMILES string of the molecule is CCCNC(C)Cc1ccc(-c2ccc(F)c(F)c2)o1. The maximum absolute atomic E-state index is 13.2. The van der Waals surface area contributed by atoms with Crippen LogP contribution in [0.4, 0.5) is 8.78 Å². The van der Waals surface area contributed by atoms with Gasteiger partial charge in [0.05, 0.1) is 0 Å². The molecule has 0 aliphatic carbocycles. The zero-order valence-corrected chi connectivity index (χ0v) is 11.7. The van der Waals surface area contributed by atoms with Crippen LogP contribution in [0.3, 0.4) is 0 Å². The summed E-state index contributed by atoms with van der Waals surface area (Å²) in [5, 5.41) is 3.38. The molecule has 0 bridgehead atoms. The van der Waals surface area contributed by atoms with Crippen LogP contribution in [0, 0.1) is 11.6 Å². The molecule has 1 aromatic carbocycles. The maximum Gasteiger partial charge on any atom is 0.159 e. The number of furan rings is 1. The fourth-order valence-electron chi connectivity index (χ4n) is 2.06. The van der Waals surface area contributed by atoms with E-state index >= 15 is 0 Å². The van der Waals surface area contributed by atoms with Gasteiger partial charge < -0.3 is 9.73 Å². The molecule has 0 saturated heterocycles. The first-order valence-electron chi connectivity index (χ1n) is 6.87. The zero-order chi connectivity index (χ0) is 14.5. The van der Waals surface area contributed by atoms with Crippen LogP contribution in [0.2, 0.25) is 0 Å². The smallest absolute Gasteiger partial charge is 0.159 e. The van der Waals surface area contributed by atoms with E-state index in [0.29, 0.717) is 17.4 Å². The van der Waals surface area contributed by atoms with Gasteiger partial charge in [-0.3, -0.25) is 0 Å². The predicted octanol–water partition coefficient (Wildman–Crippen LogP) is 4.16. The van der Waals surface area contributed by atoms with Gasteiger partial charge >= 0.3 is 0 Å². The van der Waals surface area contributed by atoms with Gasteiger partial charge in [0.2, 0.25) is 0 Å². The lowest BCUT2D eigenvalue weighted by molar-refractivity contribution is 0.463. The van der Waals surface area contributed by atoms with Gasteiger partial charge in [0.15, 0.2) is 11.6 Å². The Morgan fingerprint density at radius 2 is 1.95 bits per heavy atom. The summed E-state index contributed by atoms with van der Waals surface area (Å²) in [6.45, 7) is 5.18. The molecule has 0 aliphatic rings. The number of hydrogen-bond donors (Lipinski definition) is 1. The van der Waals surface area contributed by atoms with Crippen LogP contribution in [-0.4, -0.2) is 12.6 Å². The zero-order valence-electron chi connectivity index (χ0n) is 11.7. The van der Waals surface area contributed by atoms with Crippen molar-refractivity contribution in [3.05, 3.63) is 47.7 Å². The average Bonchev–Trinajstić information content (AvgIpc) is 2.88. The highest BCUT2D eigenvalue weighted by Gasteiger charge is 2.10. The molecule has 2 rings (SSSR count). The third-order valence-electron chi connectivity index (χ3n) is 3.12. The van der Waals surface area contributed by atoms with E-state index in [1.807, 2.05) is 6.07 Å². The van der Waals surface area contributed by atoms with Crippen LogP contribution in [-0.2, 0) is 6.42 Å². The van der Waals surface area contributed by atoms with Gasteiger partial charge in [-0.2, -0.15) is 0 Å². The summed E-state index contributed by atoms with van der Waals surface area (Å²) in [5.41, 5.74) is 0.546. The molecule has 0 aliphatic heterocycles. The van der Waals surface area contributed by atoms with E-state index < -0.39 is 11.6 Å². The van der Waals surface area contributed by atoms with Crippen molar-refractivity contribution in [2.45, 2.75) is 32.7 Å². The van der Waals surface area contributed by atoms with Crippen LogP contribution >= 0.6 is 0 Å². The van der Waals surface area contributed by atoms with E-state index in [2.05, 4.69) is 19.2 Å². The Hall–Kier alpha value is -1.68. The lowest BCUT2D eigenvalue weighted by atomic mass is 10.1. The predicted molar refractivity (Wildman–Crippen MR) is 75.5 cm³/mol. The summed E-state index contributed by atoms with van der Waals surface area (Å²) in [4.78, 5) is 0. The number of nitrogens with one attached hydrogen (secondary N) is 1. The molecule has 1 N–H and O–H groups in total. The van der Waals surface area contributed by atoms with Crippen LogP contribution in [0.25, 0.3) is 11.3 Å². The minimum absolute atomic E-state index is 0.318. The fraction of sp³-hybridized carbons (Fsp3) is 0.375. The normalized spacial score (nSPS) is 12.6. The molecule has 0 spiro atoms. The Morgan fingerprint density at radius 1 is 1.15 bits per heavy atom. The summed E-state index contributed by atoms with van der Waals surface area (Å²) >= 11 is 0. The number of benzene rings is 1. The molecule has 1 unspecified atom stereocenters. The molecule has 1 heterocycles. The van der Waals surface area contributed by atoms with Crippen molar-refractivity contribution < 1.29 is 13.2 Å². The highest BCUT2D eigenvalue weighted by molar-refractivity contribution is 5.57. The van der Waals surface area contributed by atoms with Gasteiger partial charge in [-0.25, -0.2) is 8.78 Å². The van der Waals surface area contributed by atoms with Gasteiger partial charge in [0.25, 0.3) is 0 Å². The number of halogens is 2. The van der Waals surface area contributed by atoms with Crippen LogP contribution < -0.4 is 5.32 Å². The van der Waals surface area contributed by atoms with Gasteiger partial charge in [-0.15, -0.1) is 0 Å². The monoisotopic (exact) mass is 279 g/mol. The molecule has 1 aromatic heterocycles. The maximum atomic E-state index is 13.2. The van der Waals surface area contributed by atoms with Crippen molar-refractivity contribution in [1.82, 2.24) is 5.32 Å². The highest BCUT2D eigenvalue weighted by atomic mass is 19.2. The van der Waals surface area contributed by atoms with E-state index in [4.69, 9.17) is 4.42 Å². The summed E-state index contributed by atoms with van der Waals surface area (Å²) < 4.78 is 31.8. The Morgan fingerprint density at radius 3 is 2.65 bits per heavy atom. The lowest BCUT2D eigenvalue weighted by Gasteiger charge is -2.10. The van der Waals surface area contributed by atoms with E-state index in [-0.39, 0.29) is 0 Å². The second-order valence-electron chi connectivity index (χ2n) is 4.95. The van der Waals surface area contributed by atoms with Crippen molar-refractivity contribution in [2.75, 3.05) is 6.54 Å². The molecule has 2 aromatic rings. The Kier molecular flexibility index (Phi) is 4.90. The Labute approximate surface area is 117 Å². The van der Waals surface area contributed by atoms with Crippen LogP contribution in [0.15, 0.2) is 34.7 Å². The van der Waals surface area contributed by atoms with Gasteiger partial charge in [-0.05, 0) is 50.2 Å². The van der Waals surface area contributed by atoms with Crippen molar-refractivity contribution in [3.63, 3.8) is 0 Å². The average molecular weight is 279 g/mol. The molecular formula is C16H19F2NO. The molecule has 0 radical (unpaired) electrons. The van der Waals surface area contributed by atoms with Crippen molar-refractivity contribution in [2.24, 2.45) is 0 Å². The largest absolute Gasteiger partial charge is 0.461 e. The van der Waals surface area contributed by atoms with Crippen LogP contribution in [0.1, 0.15) is 26.0 Å². The third kappa shape index (κ3) is 3.67. The molecule has 4 heteroatoms. The van der Waals surface area contributed by atoms with Crippen molar-refractivity contribution >= 4 is 0 Å². The second kappa shape index (κ2) is 6.66. The molecule has 0 saturated carbocycles. The Bertz CT molecular complexity index is 565. The highest BCUT2D eigenvalue weighted by Crippen LogP contribution is 2.24. The summed E-state index contributed by atoms with van der Waals surface area (Å²) in [5.74, 6) is -0.321. The third-order valence-corrected chi connectivity index (χ3v) is 3.12. The second-order valence-corrected chi connectivity index (χ2v) is 4.95. The summed E-state index contributed by atoms with van der Waals surface area (Å²) in [7, 11) is 0. The summed E-state index contributed by atoms with van der Waals surface area (Å²) in [6, 6.07) is 7.75. The van der Waals surface area contributed by atoms with Crippen molar-refractivity contribution in [3.8, 4) is 11.3 Å². The van der Waals surface area contributed by atoms with Crippen molar-refractivity contribution in [1.29, 1.82) is 0 Å². The lowest BCUT2D eigenvalue weighted by Crippen LogP contribution is -2.28. The topological polar surface area (TPSA) is 25.2 Å². The van der Waals surface area contributed by atoms with Gasteiger partial charge in [0.1, 0.15) is 11.5 Å². The minimum atomic E-state index is -0.863. The molecule has 1 atom stereocenters. The number of rotatable bonds is 6. The molecule has 108 valence electrons. The van der Waals surface area contributed by atoms with E-state index in [1.165, 1.54) is 6.07 Å². The molecular weight excluding hydrogens is 260 g/mol. The van der Waals surface area contributed by atoms with E-state index in [0.717, 1.165) is 37.3 Å². The molecule has 20 heavy (non-hydrogen) atoms. The van der Waals surface area contributed by atoms with Crippen LogP contribution in [0.5, 0.6) is 0 Å².